The molecule has 0 radical (unpaired) electrons. The number of benzene rings is 3. The number of methoxy groups -OCH3 is 1. The fourth-order valence-corrected chi connectivity index (χ4v) is 3.37. The molecule has 10 heteroatoms. The molecule has 0 spiro atoms. The van der Waals surface area contributed by atoms with Crippen molar-refractivity contribution in [3.8, 4) is 23.0 Å². The van der Waals surface area contributed by atoms with Crippen LogP contribution >= 0.6 is 11.6 Å². The molecule has 1 amide bonds. The van der Waals surface area contributed by atoms with Crippen LogP contribution in [0.5, 0.6) is 23.0 Å². The number of rotatable bonds is 9. The highest BCUT2D eigenvalue weighted by Gasteiger charge is 2.16. The number of amides is 1. The number of halogens is 1. The van der Waals surface area contributed by atoms with E-state index in [9.17, 15) is 14.9 Å². The first-order valence-corrected chi connectivity index (χ1v) is 11.1. The molecule has 0 bridgehead atoms. The third-order valence-corrected chi connectivity index (χ3v) is 5.46. The average molecular weight is 509 g/mol. The van der Waals surface area contributed by atoms with E-state index in [2.05, 4.69) is 5.32 Å². The molecule has 0 saturated heterocycles. The summed E-state index contributed by atoms with van der Waals surface area (Å²) >= 11 is 6.04. The van der Waals surface area contributed by atoms with Gasteiger partial charge in [-0.05, 0) is 55.0 Å². The molecule has 0 aliphatic carbocycles. The zero-order valence-electron chi connectivity index (χ0n) is 19.3. The van der Waals surface area contributed by atoms with E-state index >= 15 is 0 Å². The molecule has 3 aromatic carbocycles. The van der Waals surface area contributed by atoms with Crippen molar-refractivity contribution in [3.63, 3.8) is 0 Å². The number of ether oxygens (including phenoxy) is 3. The number of hydrogen-bond donors (Lipinski definition) is 1. The van der Waals surface area contributed by atoms with Crippen LogP contribution in [0.4, 0.5) is 11.4 Å². The Labute approximate surface area is 211 Å². The number of nitro groups is 1. The highest BCUT2D eigenvalue weighted by Crippen LogP contribution is 2.31. The summed E-state index contributed by atoms with van der Waals surface area (Å²) in [5.41, 5.74) is 0.706. The molecule has 4 rings (SSSR count). The van der Waals surface area contributed by atoms with Crippen molar-refractivity contribution < 1.29 is 28.3 Å². The van der Waals surface area contributed by atoms with Crippen molar-refractivity contribution in [1.82, 2.24) is 0 Å². The van der Waals surface area contributed by atoms with E-state index in [0.29, 0.717) is 28.0 Å². The number of non-ortho nitro benzene ring substituents is 1. The lowest BCUT2D eigenvalue weighted by atomic mass is 10.2. The van der Waals surface area contributed by atoms with E-state index < -0.39 is 10.8 Å². The van der Waals surface area contributed by atoms with Gasteiger partial charge >= 0.3 is 0 Å². The van der Waals surface area contributed by atoms with Gasteiger partial charge in [-0.3, -0.25) is 14.9 Å². The van der Waals surface area contributed by atoms with Crippen LogP contribution in [0, 0.1) is 17.0 Å². The van der Waals surface area contributed by atoms with Crippen molar-refractivity contribution in [2.24, 2.45) is 0 Å². The monoisotopic (exact) mass is 508 g/mol. The van der Waals surface area contributed by atoms with E-state index in [-0.39, 0.29) is 29.5 Å². The predicted molar refractivity (Wildman–Crippen MR) is 133 cm³/mol. The first kappa shape index (κ1) is 24.6. The Hall–Kier alpha value is -4.50. The van der Waals surface area contributed by atoms with E-state index in [4.69, 9.17) is 30.2 Å². The second-order valence-electron chi connectivity index (χ2n) is 7.67. The number of carbonyl (C=O) groups excluding carboxylic acids is 1. The summed E-state index contributed by atoms with van der Waals surface area (Å²) in [6, 6.07) is 19.2. The highest BCUT2D eigenvalue weighted by atomic mass is 35.5. The van der Waals surface area contributed by atoms with Gasteiger partial charge in [0.1, 0.15) is 35.4 Å². The number of carbonyl (C=O) groups is 1. The van der Waals surface area contributed by atoms with E-state index in [1.165, 1.54) is 24.3 Å². The normalized spacial score (nSPS) is 10.5. The van der Waals surface area contributed by atoms with Crippen LogP contribution in [-0.2, 0) is 6.61 Å². The maximum atomic E-state index is 12.7. The van der Waals surface area contributed by atoms with Crippen LogP contribution in [0.3, 0.4) is 0 Å². The van der Waals surface area contributed by atoms with Gasteiger partial charge in [-0.2, -0.15) is 0 Å². The van der Waals surface area contributed by atoms with Gasteiger partial charge in [0.05, 0.1) is 23.8 Å². The minimum Gasteiger partial charge on any atom is -0.497 e. The number of nitro benzene ring substituents is 1. The summed E-state index contributed by atoms with van der Waals surface area (Å²) in [6.45, 7) is 1.91. The zero-order chi connectivity index (χ0) is 25.7. The van der Waals surface area contributed by atoms with Crippen LogP contribution in [0.1, 0.15) is 21.9 Å². The summed E-state index contributed by atoms with van der Waals surface area (Å²) in [6.07, 6.45) is 0. The fourth-order valence-electron chi connectivity index (χ4n) is 3.25. The lowest BCUT2D eigenvalue weighted by Gasteiger charge is -2.10. The van der Waals surface area contributed by atoms with Crippen molar-refractivity contribution in [3.05, 3.63) is 105 Å². The average Bonchev–Trinajstić information content (AvgIpc) is 3.34. The van der Waals surface area contributed by atoms with Crippen molar-refractivity contribution in [1.29, 1.82) is 0 Å². The Bertz CT molecular complexity index is 1420. The van der Waals surface area contributed by atoms with Gasteiger partial charge in [-0.15, -0.1) is 0 Å². The zero-order valence-corrected chi connectivity index (χ0v) is 20.1. The van der Waals surface area contributed by atoms with Crippen LogP contribution in [0.2, 0.25) is 5.02 Å². The number of aryl methyl sites for hydroxylation is 1. The minimum absolute atomic E-state index is 0.0153. The lowest BCUT2D eigenvalue weighted by molar-refractivity contribution is -0.384. The van der Waals surface area contributed by atoms with Gasteiger partial charge < -0.3 is 23.9 Å². The summed E-state index contributed by atoms with van der Waals surface area (Å²) < 4.78 is 22.2. The summed E-state index contributed by atoms with van der Waals surface area (Å²) in [5, 5.41) is 14.6. The molecule has 0 aliphatic rings. The van der Waals surface area contributed by atoms with Crippen LogP contribution in [-0.4, -0.2) is 17.9 Å². The maximum Gasteiger partial charge on any atom is 0.291 e. The Morgan fingerprint density at radius 2 is 1.81 bits per heavy atom. The molecule has 184 valence electrons. The van der Waals surface area contributed by atoms with E-state index in [1.807, 2.05) is 6.92 Å². The van der Waals surface area contributed by atoms with Crippen molar-refractivity contribution in [2.45, 2.75) is 13.5 Å². The molecular formula is C26H21ClN2O7. The van der Waals surface area contributed by atoms with Crippen molar-refractivity contribution >= 4 is 28.9 Å². The number of nitrogens with zero attached hydrogens (tertiary/aromatic N) is 1. The molecule has 9 nitrogen and oxygen atoms in total. The molecule has 1 N–H and O–H groups in total. The molecule has 0 fully saturated rings. The smallest absolute Gasteiger partial charge is 0.291 e. The number of furan rings is 1. The Kier molecular flexibility index (Phi) is 7.41. The van der Waals surface area contributed by atoms with Crippen molar-refractivity contribution in [2.75, 3.05) is 12.4 Å². The molecule has 0 aliphatic heterocycles. The summed E-state index contributed by atoms with van der Waals surface area (Å²) in [5.74, 6) is 1.70. The second kappa shape index (κ2) is 10.8. The fraction of sp³-hybridized carbons (Fsp3) is 0.115. The number of anilines is 1. The summed E-state index contributed by atoms with van der Waals surface area (Å²) in [4.78, 5) is 23.6. The molecule has 0 atom stereocenters. The third-order valence-electron chi connectivity index (χ3n) is 5.03. The Balaban J connectivity index is 1.46. The van der Waals surface area contributed by atoms with Gasteiger partial charge in [-0.1, -0.05) is 17.7 Å². The Morgan fingerprint density at radius 3 is 2.56 bits per heavy atom. The standard InChI is InChI=1S/C26H21ClN2O7/c1-16-10-21(6-8-24(16)27)35-23-12-17(11-18(13-23)29(31)32)28-26(30)25-9-7-22(36-25)15-34-20-5-3-4-19(14-20)33-2/h3-14H,15H2,1-2H3,(H,28,30). The van der Waals surface area contributed by atoms with Crippen LogP contribution < -0.4 is 19.5 Å². The molecule has 1 aromatic heterocycles. The third kappa shape index (κ3) is 6.13. The minimum atomic E-state index is -0.587. The summed E-state index contributed by atoms with van der Waals surface area (Å²) in [7, 11) is 1.56. The van der Waals surface area contributed by atoms with E-state index in [0.717, 1.165) is 5.56 Å². The maximum absolute atomic E-state index is 12.7. The molecule has 4 aromatic rings. The van der Waals surface area contributed by atoms with Gasteiger partial charge in [0, 0.05) is 23.2 Å². The lowest BCUT2D eigenvalue weighted by Crippen LogP contribution is -2.11. The Morgan fingerprint density at radius 1 is 1.00 bits per heavy atom. The van der Waals surface area contributed by atoms with Gasteiger partial charge in [0.25, 0.3) is 11.6 Å². The molecule has 0 saturated carbocycles. The molecule has 36 heavy (non-hydrogen) atoms. The number of hydrogen-bond acceptors (Lipinski definition) is 7. The SMILES string of the molecule is COc1cccc(OCc2ccc(C(=O)Nc3cc(Oc4ccc(Cl)c(C)c4)cc([N+](=O)[O-])c3)o2)c1. The van der Waals surface area contributed by atoms with E-state index in [1.54, 1.807) is 55.6 Å². The first-order valence-electron chi connectivity index (χ1n) is 10.7. The second-order valence-corrected chi connectivity index (χ2v) is 8.08. The van der Waals surface area contributed by atoms with Gasteiger partial charge in [0.15, 0.2) is 5.76 Å². The highest BCUT2D eigenvalue weighted by molar-refractivity contribution is 6.31. The predicted octanol–water partition coefficient (Wildman–Crippen LogP) is 6.78. The van der Waals surface area contributed by atoms with Crippen LogP contribution in [0.25, 0.3) is 0 Å². The molecular weight excluding hydrogens is 488 g/mol. The topological polar surface area (TPSA) is 113 Å². The van der Waals surface area contributed by atoms with Gasteiger partial charge in [-0.25, -0.2) is 0 Å². The number of nitrogens with one attached hydrogen (secondary N) is 1. The molecule has 0 unspecified atom stereocenters. The first-order chi connectivity index (χ1) is 17.3. The van der Waals surface area contributed by atoms with Crippen LogP contribution in [0.15, 0.2) is 77.2 Å². The largest absolute Gasteiger partial charge is 0.497 e. The quantitative estimate of drug-likeness (QED) is 0.196. The molecule has 1 heterocycles. The van der Waals surface area contributed by atoms with Gasteiger partial charge in [0.2, 0.25) is 0 Å².